The molecule has 6 aromatic carbocycles. The van der Waals surface area contributed by atoms with E-state index in [0.29, 0.717) is 0 Å². The fraction of sp³-hybridized carbons (Fsp3) is 0. The van der Waals surface area contributed by atoms with Crippen molar-refractivity contribution in [2.75, 3.05) is 0 Å². The molecule has 2 nitrogen and oxygen atoms in total. The first-order valence-electron chi connectivity index (χ1n) is 13.3. The van der Waals surface area contributed by atoms with E-state index >= 15 is 0 Å². The summed E-state index contributed by atoms with van der Waals surface area (Å²) in [4.78, 5) is 0. The van der Waals surface area contributed by atoms with Crippen LogP contribution in [0.1, 0.15) is 0 Å². The summed E-state index contributed by atoms with van der Waals surface area (Å²) >= 11 is 0. The number of fused-ring (bicyclic) bond motifs is 5. The third kappa shape index (κ3) is 3.77. The quantitative estimate of drug-likeness (QED) is 0.238. The van der Waals surface area contributed by atoms with E-state index in [4.69, 9.17) is 5.10 Å². The summed E-state index contributed by atoms with van der Waals surface area (Å²) < 4.78 is 2.06. The van der Waals surface area contributed by atoms with E-state index in [9.17, 15) is 0 Å². The SMILES string of the molecule is c1ccc2cc(-c3cc(-c4ccc5ccccc5c4)cc(-c4cc5ccc6ccccc6n5n4)c3)ccc2c1. The van der Waals surface area contributed by atoms with Crippen LogP contribution < -0.4 is 0 Å². The molecular weight excluding hydrogens is 472 g/mol. The third-order valence-electron chi connectivity index (χ3n) is 7.73. The molecule has 2 heteroatoms. The molecule has 0 radical (unpaired) electrons. The highest BCUT2D eigenvalue weighted by Gasteiger charge is 2.12. The van der Waals surface area contributed by atoms with Gasteiger partial charge in [0.05, 0.1) is 16.7 Å². The highest BCUT2D eigenvalue weighted by atomic mass is 15.2. The lowest BCUT2D eigenvalue weighted by Gasteiger charge is -2.11. The number of rotatable bonds is 3. The molecule has 39 heavy (non-hydrogen) atoms. The number of benzene rings is 6. The van der Waals surface area contributed by atoms with Crippen LogP contribution in [0.3, 0.4) is 0 Å². The maximum atomic E-state index is 5.10. The Bertz CT molecular complexity index is 2090. The number of hydrogen-bond donors (Lipinski definition) is 0. The Balaban J connectivity index is 1.36. The summed E-state index contributed by atoms with van der Waals surface area (Å²) in [6.07, 6.45) is 0. The highest BCUT2D eigenvalue weighted by Crippen LogP contribution is 2.35. The Morgan fingerprint density at radius 1 is 0.359 bits per heavy atom. The summed E-state index contributed by atoms with van der Waals surface area (Å²) in [7, 11) is 0. The minimum atomic E-state index is 0.969. The van der Waals surface area contributed by atoms with Crippen LogP contribution in [0, 0.1) is 0 Å². The van der Waals surface area contributed by atoms with Gasteiger partial charge in [-0.1, -0.05) is 97.1 Å². The van der Waals surface area contributed by atoms with E-state index < -0.39 is 0 Å². The van der Waals surface area contributed by atoms with Crippen LogP contribution in [0.2, 0.25) is 0 Å². The van der Waals surface area contributed by atoms with Gasteiger partial charge in [-0.3, -0.25) is 0 Å². The zero-order valence-corrected chi connectivity index (χ0v) is 21.3. The number of pyridine rings is 1. The molecule has 0 amide bonds. The molecule has 0 unspecified atom stereocenters. The van der Waals surface area contributed by atoms with Crippen molar-refractivity contribution in [1.82, 2.24) is 9.61 Å². The Hall–Kier alpha value is -5.21. The van der Waals surface area contributed by atoms with E-state index in [1.807, 2.05) is 0 Å². The number of para-hydroxylation sites is 1. The van der Waals surface area contributed by atoms with E-state index in [2.05, 4.69) is 150 Å². The molecule has 182 valence electrons. The fourth-order valence-corrected chi connectivity index (χ4v) is 5.69. The molecule has 8 aromatic rings. The summed E-state index contributed by atoms with van der Waals surface area (Å²) in [5.41, 5.74) is 9.05. The third-order valence-corrected chi connectivity index (χ3v) is 7.73. The van der Waals surface area contributed by atoms with Crippen molar-refractivity contribution in [2.45, 2.75) is 0 Å². The molecule has 0 aliphatic heterocycles. The summed E-state index contributed by atoms with van der Waals surface area (Å²) in [5.74, 6) is 0. The van der Waals surface area contributed by atoms with Crippen molar-refractivity contribution in [1.29, 1.82) is 0 Å². The van der Waals surface area contributed by atoms with Gasteiger partial charge in [0.25, 0.3) is 0 Å². The Kier molecular flexibility index (Phi) is 4.86. The smallest absolute Gasteiger partial charge is 0.0934 e. The molecule has 0 aliphatic carbocycles. The average Bonchev–Trinajstić information content (AvgIpc) is 3.46. The van der Waals surface area contributed by atoms with Crippen molar-refractivity contribution < 1.29 is 0 Å². The Labute approximate surface area is 226 Å². The topological polar surface area (TPSA) is 17.3 Å². The van der Waals surface area contributed by atoms with E-state index in [0.717, 1.165) is 22.3 Å². The number of aromatic nitrogens is 2. The highest BCUT2D eigenvalue weighted by molar-refractivity contribution is 5.92. The lowest BCUT2D eigenvalue weighted by atomic mass is 9.93. The molecule has 0 atom stereocenters. The van der Waals surface area contributed by atoms with Crippen molar-refractivity contribution in [3.63, 3.8) is 0 Å². The second-order valence-corrected chi connectivity index (χ2v) is 10.2. The molecule has 0 saturated heterocycles. The van der Waals surface area contributed by atoms with Gasteiger partial charge in [-0.05, 0) is 92.3 Å². The summed E-state index contributed by atoms with van der Waals surface area (Å²) in [6, 6.07) is 52.3. The van der Waals surface area contributed by atoms with Gasteiger partial charge in [0, 0.05) is 10.9 Å². The molecular formula is C37H24N2. The minimum Gasteiger partial charge on any atom is -0.232 e. The molecule has 2 aromatic heterocycles. The van der Waals surface area contributed by atoms with Crippen LogP contribution in [0.5, 0.6) is 0 Å². The molecule has 0 aliphatic rings. The van der Waals surface area contributed by atoms with E-state index in [1.165, 1.54) is 49.2 Å². The van der Waals surface area contributed by atoms with Crippen LogP contribution >= 0.6 is 0 Å². The lowest BCUT2D eigenvalue weighted by Crippen LogP contribution is -1.91. The molecule has 0 saturated carbocycles. The second kappa shape index (κ2) is 8.68. The minimum absolute atomic E-state index is 0.969. The largest absolute Gasteiger partial charge is 0.232 e. The number of nitrogens with zero attached hydrogens (tertiary/aromatic N) is 2. The zero-order valence-electron chi connectivity index (χ0n) is 21.3. The zero-order chi connectivity index (χ0) is 25.8. The van der Waals surface area contributed by atoms with E-state index in [-0.39, 0.29) is 0 Å². The van der Waals surface area contributed by atoms with Crippen LogP contribution in [0.4, 0.5) is 0 Å². The van der Waals surface area contributed by atoms with Crippen molar-refractivity contribution >= 4 is 38.0 Å². The normalized spacial score (nSPS) is 11.6. The van der Waals surface area contributed by atoms with Gasteiger partial charge < -0.3 is 0 Å². The van der Waals surface area contributed by atoms with Crippen molar-refractivity contribution in [3.05, 3.63) is 146 Å². The predicted octanol–water partition coefficient (Wildman–Crippen LogP) is 9.79. The Morgan fingerprint density at radius 3 is 1.51 bits per heavy atom. The molecule has 8 rings (SSSR count). The fourth-order valence-electron chi connectivity index (χ4n) is 5.69. The van der Waals surface area contributed by atoms with Crippen LogP contribution in [0.25, 0.3) is 71.5 Å². The molecule has 0 fully saturated rings. The first-order chi connectivity index (χ1) is 19.3. The lowest BCUT2D eigenvalue weighted by molar-refractivity contribution is 1.01. The maximum absolute atomic E-state index is 5.10. The van der Waals surface area contributed by atoms with E-state index in [1.54, 1.807) is 0 Å². The molecule has 0 bridgehead atoms. The van der Waals surface area contributed by atoms with Gasteiger partial charge in [-0.25, -0.2) is 4.52 Å². The van der Waals surface area contributed by atoms with Gasteiger partial charge in [-0.15, -0.1) is 0 Å². The van der Waals surface area contributed by atoms with Gasteiger partial charge >= 0.3 is 0 Å². The second-order valence-electron chi connectivity index (χ2n) is 10.2. The van der Waals surface area contributed by atoms with Gasteiger partial charge in [0.15, 0.2) is 0 Å². The predicted molar refractivity (Wildman–Crippen MR) is 164 cm³/mol. The molecule has 0 spiro atoms. The standard InChI is InChI=1S/C37H24N2/c1-3-10-28-19-30(15-13-25(28)7-1)32-21-33(31-16-14-26-8-2-4-11-29(26)20-31)23-34(22-32)36-24-35-18-17-27-9-5-6-12-37(27)39(35)38-36/h1-24H. The van der Waals surface area contributed by atoms with Crippen molar-refractivity contribution in [2.24, 2.45) is 0 Å². The van der Waals surface area contributed by atoms with Crippen LogP contribution in [-0.4, -0.2) is 9.61 Å². The van der Waals surface area contributed by atoms with Crippen molar-refractivity contribution in [3.8, 4) is 33.5 Å². The monoisotopic (exact) mass is 496 g/mol. The van der Waals surface area contributed by atoms with Gasteiger partial charge in [-0.2, -0.15) is 5.10 Å². The van der Waals surface area contributed by atoms with Gasteiger partial charge in [0.1, 0.15) is 0 Å². The molecule has 0 N–H and O–H groups in total. The average molecular weight is 497 g/mol. The maximum Gasteiger partial charge on any atom is 0.0934 e. The number of hydrogen-bond acceptors (Lipinski definition) is 1. The molecule has 2 heterocycles. The Morgan fingerprint density at radius 2 is 0.872 bits per heavy atom. The van der Waals surface area contributed by atoms with Gasteiger partial charge in [0.2, 0.25) is 0 Å². The first-order valence-corrected chi connectivity index (χ1v) is 13.3. The van der Waals surface area contributed by atoms with Crippen LogP contribution in [-0.2, 0) is 0 Å². The summed E-state index contributed by atoms with van der Waals surface area (Å²) in [6.45, 7) is 0. The first kappa shape index (κ1) is 21.8. The summed E-state index contributed by atoms with van der Waals surface area (Å²) in [5, 5.41) is 11.3. The van der Waals surface area contributed by atoms with Crippen LogP contribution in [0.15, 0.2) is 146 Å².